The molecule has 0 bridgehead atoms. The molecule has 1 aromatic heterocycles. The summed E-state index contributed by atoms with van der Waals surface area (Å²) in [7, 11) is 1.32. The van der Waals surface area contributed by atoms with Crippen molar-refractivity contribution in [2.45, 2.75) is 131 Å². The number of rotatable bonds is 11. The van der Waals surface area contributed by atoms with Crippen LogP contribution in [0.25, 0.3) is 0 Å². The maximum Gasteiger partial charge on any atom is 0.333 e. The van der Waals surface area contributed by atoms with Crippen LogP contribution >= 0.6 is 0 Å². The van der Waals surface area contributed by atoms with E-state index in [1.165, 1.54) is 21.0 Å². The van der Waals surface area contributed by atoms with Gasteiger partial charge in [-0.25, -0.2) is 4.79 Å². The lowest BCUT2D eigenvalue weighted by Crippen LogP contribution is -2.72. The summed E-state index contributed by atoms with van der Waals surface area (Å²) in [5.41, 5.74) is -0.326. The summed E-state index contributed by atoms with van der Waals surface area (Å²) in [5, 5.41) is 0. The van der Waals surface area contributed by atoms with Gasteiger partial charge >= 0.3 is 29.8 Å². The van der Waals surface area contributed by atoms with Crippen LogP contribution in [0.2, 0.25) is 0 Å². The Kier molecular flexibility index (Phi) is 11.4. The van der Waals surface area contributed by atoms with E-state index in [1.807, 2.05) is 40.7 Å². The third-order valence-electron chi connectivity index (χ3n) is 13.2. The predicted octanol–water partition coefficient (Wildman–Crippen LogP) is 6.41. The molecule has 0 aromatic carbocycles. The van der Waals surface area contributed by atoms with E-state index in [0.717, 1.165) is 11.1 Å². The minimum absolute atomic E-state index is 0.141. The van der Waals surface area contributed by atoms with Gasteiger partial charge in [-0.1, -0.05) is 46.3 Å². The number of hydrogen-bond donors (Lipinski definition) is 0. The Labute approximate surface area is 312 Å². The molecule has 2 saturated carbocycles. The van der Waals surface area contributed by atoms with Gasteiger partial charge in [-0.15, -0.1) is 0 Å². The summed E-state index contributed by atoms with van der Waals surface area (Å²) >= 11 is 0. The fourth-order valence-corrected chi connectivity index (χ4v) is 10.4. The van der Waals surface area contributed by atoms with Gasteiger partial charge in [0.05, 0.1) is 38.3 Å². The van der Waals surface area contributed by atoms with Crippen LogP contribution in [0, 0.1) is 34.0 Å². The summed E-state index contributed by atoms with van der Waals surface area (Å²) in [6, 6.07) is 1.87. The molecule has 3 fully saturated rings. The number of carbonyl (C=O) groups excluding carboxylic acids is 5. The standard InChI is InChI=1S/C41H56O12/c1-12-21(3)37(45)52-31-18-30(51-25(7)43)39(8)20-49-34-35(39)40(31,9)29(17-32(44)47-11)41(10,36(34)53-38(46)22(4)13-2)33-23(5)27(26-14-15-48-19-26)16-28(33)50-24(6)42/h13-15,19,21,27-31,34-36H,12,16-18,20H2,1-11H3. The van der Waals surface area contributed by atoms with Crippen LogP contribution in [0.4, 0.5) is 0 Å². The van der Waals surface area contributed by atoms with Crippen molar-refractivity contribution in [1.29, 1.82) is 0 Å². The zero-order valence-corrected chi connectivity index (χ0v) is 32.9. The van der Waals surface area contributed by atoms with Crippen molar-refractivity contribution in [3.05, 3.63) is 47.0 Å². The Morgan fingerprint density at radius 2 is 1.66 bits per heavy atom. The highest BCUT2D eigenvalue weighted by molar-refractivity contribution is 5.88. The highest BCUT2D eigenvalue weighted by Crippen LogP contribution is 2.72. The third kappa shape index (κ3) is 6.74. The number of allylic oxidation sites excluding steroid dienone is 2. The normalized spacial score (nSPS) is 37.0. The van der Waals surface area contributed by atoms with Crippen molar-refractivity contribution in [1.82, 2.24) is 0 Å². The molecule has 53 heavy (non-hydrogen) atoms. The maximum atomic E-state index is 14.0. The van der Waals surface area contributed by atoms with Gasteiger partial charge in [0, 0.05) is 60.3 Å². The van der Waals surface area contributed by atoms with Crippen LogP contribution in [0.5, 0.6) is 0 Å². The van der Waals surface area contributed by atoms with Crippen molar-refractivity contribution in [2.75, 3.05) is 13.7 Å². The quantitative estimate of drug-likeness (QED) is 0.107. The van der Waals surface area contributed by atoms with Gasteiger partial charge in [-0.2, -0.15) is 0 Å². The second-order valence-electron chi connectivity index (χ2n) is 16.1. The second kappa shape index (κ2) is 15.1. The molecule has 12 atom stereocenters. The molecule has 1 aliphatic heterocycles. The first-order chi connectivity index (χ1) is 24.9. The van der Waals surface area contributed by atoms with Crippen LogP contribution in [0.3, 0.4) is 0 Å². The molecule has 0 spiro atoms. The molecule has 1 aromatic rings. The van der Waals surface area contributed by atoms with E-state index in [2.05, 4.69) is 0 Å². The number of furan rings is 1. The van der Waals surface area contributed by atoms with Gasteiger partial charge in [0.2, 0.25) is 0 Å². The van der Waals surface area contributed by atoms with Crippen LogP contribution in [0.15, 0.2) is 45.8 Å². The second-order valence-corrected chi connectivity index (χ2v) is 16.1. The zero-order chi connectivity index (χ0) is 39.2. The molecule has 2 heterocycles. The molecule has 4 aliphatic rings. The fourth-order valence-electron chi connectivity index (χ4n) is 10.4. The Bertz CT molecular complexity index is 1660. The van der Waals surface area contributed by atoms with Crippen molar-refractivity contribution in [3.8, 4) is 0 Å². The van der Waals surface area contributed by atoms with Gasteiger partial charge in [0.15, 0.2) is 0 Å². The van der Waals surface area contributed by atoms with Gasteiger partial charge < -0.3 is 32.8 Å². The Hall–Kier alpha value is -3.93. The Morgan fingerprint density at radius 3 is 2.23 bits per heavy atom. The lowest BCUT2D eigenvalue weighted by Gasteiger charge is -2.66. The lowest BCUT2D eigenvalue weighted by atomic mass is 9.39. The number of esters is 5. The van der Waals surface area contributed by atoms with Crippen molar-refractivity contribution in [3.63, 3.8) is 0 Å². The van der Waals surface area contributed by atoms with Crippen molar-refractivity contribution < 1.29 is 56.8 Å². The zero-order valence-electron chi connectivity index (χ0n) is 32.9. The lowest BCUT2D eigenvalue weighted by molar-refractivity contribution is -0.261. The summed E-state index contributed by atoms with van der Waals surface area (Å²) in [5.74, 6) is -4.43. The fraction of sp³-hybridized carbons (Fsp3) is 0.683. The average molecular weight is 741 g/mol. The molecule has 1 saturated heterocycles. The third-order valence-corrected chi connectivity index (χ3v) is 13.2. The molecule has 12 heteroatoms. The molecule has 0 N–H and O–H groups in total. The SMILES string of the molecule is CC=C(C)C(=O)OC1C2OCC3(C)C(OC(C)=O)CC(OC(=O)C(C)CC)C(C)(C23)C(CC(=O)OC)C1(C)C1=C(C)C(c2ccoc2)CC1OC(C)=O. The minimum Gasteiger partial charge on any atom is -0.472 e. The summed E-state index contributed by atoms with van der Waals surface area (Å²) in [6.45, 7) is 17.9. The molecule has 3 aliphatic carbocycles. The molecular weight excluding hydrogens is 684 g/mol. The van der Waals surface area contributed by atoms with Crippen molar-refractivity contribution >= 4 is 29.8 Å². The molecule has 292 valence electrons. The molecule has 12 unspecified atom stereocenters. The van der Waals surface area contributed by atoms with Gasteiger partial charge in [-0.05, 0) is 56.7 Å². The first-order valence-corrected chi connectivity index (χ1v) is 18.7. The first kappa shape index (κ1) is 40.3. The Morgan fingerprint density at radius 1 is 0.981 bits per heavy atom. The molecular formula is C41H56O12. The van der Waals surface area contributed by atoms with Crippen LogP contribution in [0.1, 0.15) is 106 Å². The van der Waals surface area contributed by atoms with Gasteiger partial charge in [0.1, 0.15) is 24.4 Å². The van der Waals surface area contributed by atoms with Gasteiger partial charge in [0.25, 0.3) is 0 Å². The minimum atomic E-state index is -1.27. The van der Waals surface area contributed by atoms with Crippen LogP contribution in [-0.2, 0) is 52.4 Å². The van der Waals surface area contributed by atoms with E-state index in [4.69, 9.17) is 32.8 Å². The maximum absolute atomic E-state index is 14.0. The first-order valence-electron chi connectivity index (χ1n) is 18.7. The molecule has 0 amide bonds. The number of hydrogen-bond acceptors (Lipinski definition) is 12. The summed E-state index contributed by atoms with van der Waals surface area (Å²) in [4.78, 5) is 66.9. The van der Waals surface area contributed by atoms with Gasteiger partial charge in [-0.3, -0.25) is 19.2 Å². The van der Waals surface area contributed by atoms with E-state index >= 15 is 0 Å². The van der Waals surface area contributed by atoms with E-state index in [9.17, 15) is 24.0 Å². The van der Waals surface area contributed by atoms with E-state index in [-0.39, 0.29) is 25.4 Å². The largest absolute Gasteiger partial charge is 0.472 e. The molecule has 0 radical (unpaired) electrons. The Balaban J connectivity index is 1.86. The number of carbonyl (C=O) groups is 5. The monoisotopic (exact) mass is 740 g/mol. The number of methoxy groups -OCH3 is 1. The molecule has 5 rings (SSSR count). The average Bonchev–Trinajstić information content (AvgIpc) is 3.84. The predicted molar refractivity (Wildman–Crippen MR) is 191 cm³/mol. The summed E-state index contributed by atoms with van der Waals surface area (Å²) in [6.07, 6.45) is 1.63. The highest BCUT2D eigenvalue weighted by Gasteiger charge is 2.77. The summed E-state index contributed by atoms with van der Waals surface area (Å²) < 4.78 is 42.9. The number of ether oxygens (including phenoxy) is 6. The highest BCUT2D eigenvalue weighted by atomic mass is 16.6. The van der Waals surface area contributed by atoms with Crippen LogP contribution in [-0.4, -0.2) is 74.1 Å². The topological polar surface area (TPSA) is 154 Å². The van der Waals surface area contributed by atoms with E-state index in [0.29, 0.717) is 24.0 Å². The van der Waals surface area contributed by atoms with E-state index < -0.39 is 94.4 Å². The van der Waals surface area contributed by atoms with Crippen molar-refractivity contribution in [2.24, 2.45) is 34.0 Å². The van der Waals surface area contributed by atoms with E-state index in [1.54, 1.807) is 39.4 Å². The molecule has 12 nitrogen and oxygen atoms in total. The van der Waals surface area contributed by atoms with Crippen LogP contribution < -0.4 is 0 Å². The smallest absolute Gasteiger partial charge is 0.333 e.